The molecule has 29 heavy (non-hydrogen) atoms. The number of hydrogen-bond donors (Lipinski definition) is 1. The summed E-state index contributed by atoms with van der Waals surface area (Å²) in [6.45, 7) is 0. The summed E-state index contributed by atoms with van der Waals surface area (Å²) in [6.07, 6.45) is 0. The third-order valence-corrected chi connectivity index (χ3v) is 5.94. The summed E-state index contributed by atoms with van der Waals surface area (Å²) < 4.78 is 0.849. The molecule has 0 amide bonds. The van der Waals surface area contributed by atoms with Crippen LogP contribution in [-0.2, 0) is 0 Å². The average Bonchev–Trinajstić information content (AvgIpc) is 2.73. The molecule has 2 N–H and O–H groups in total. The summed E-state index contributed by atoms with van der Waals surface area (Å²) in [4.78, 5) is 5.32. The second-order valence-corrected chi connectivity index (χ2v) is 8.25. The van der Waals surface area contributed by atoms with Gasteiger partial charge >= 0.3 is 0 Å². The first-order valence-electron chi connectivity index (χ1n) is 8.67. The molecule has 4 aromatic rings. The van der Waals surface area contributed by atoms with Gasteiger partial charge in [0.05, 0.1) is 5.56 Å². The van der Waals surface area contributed by atoms with Crippen molar-refractivity contribution < 1.29 is 0 Å². The van der Waals surface area contributed by atoms with Crippen molar-refractivity contribution in [2.45, 2.75) is 9.92 Å². The number of pyridine rings is 1. The number of aromatic nitrogens is 1. The molecule has 138 valence electrons. The van der Waals surface area contributed by atoms with E-state index in [4.69, 9.17) is 5.73 Å². The summed E-state index contributed by atoms with van der Waals surface area (Å²) in [7, 11) is 0. The second kappa shape index (κ2) is 7.97. The number of nitrogen functional groups attached to an aromatic ring is 1. The maximum absolute atomic E-state index is 9.93. The summed E-state index contributed by atoms with van der Waals surface area (Å²) in [5.41, 5.74) is 7.90. The lowest BCUT2D eigenvalue weighted by atomic mass is 9.97. The van der Waals surface area contributed by atoms with Crippen LogP contribution in [0, 0.1) is 22.7 Å². The van der Waals surface area contributed by atoms with Gasteiger partial charge in [0, 0.05) is 14.9 Å². The number of hydrogen-bond acceptors (Lipinski definition) is 5. The molecule has 6 heteroatoms. The maximum atomic E-state index is 9.93. The van der Waals surface area contributed by atoms with E-state index in [9.17, 15) is 10.5 Å². The quantitative estimate of drug-likeness (QED) is 0.399. The molecule has 4 nitrogen and oxygen atoms in total. The van der Waals surface area contributed by atoms with Crippen molar-refractivity contribution in [1.29, 1.82) is 10.5 Å². The molecule has 1 heterocycles. The third-order valence-electron chi connectivity index (χ3n) is 4.46. The van der Waals surface area contributed by atoms with Gasteiger partial charge in [-0.2, -0.15) is 10.5 Å². The Hall–Kier alpha value is -3.32. The van der Waals surface area contributed by atoms with Gasteiger partial charge in [-0.3, -0.25) is 0 Å². The molecule has 0 radical (unpaired) electrons. The molecule has 0 atom stereocenters. The van der Waals surface area contributed by atoms with Crippen LogP contribution >= 0.6 is 27.7 Å². The first-order valence-corrected chi connectivity index (χ1v) is 10.3. The van der Waals surface area contributed by atoms with Gasteiger partial charge in [-0.15, -0.1) is 0 Å². The smallest absolute Gasteiger partial charge is 0.143 e. The lowest BCUT2D eigenvalue weighted by Crippen LogP contribution is -2.03. The minimum Gasteiger partial charge on any atom is -0.383 e. The molecule has 0 spiro atoms. The third kappa shape index (κ3) is 3.69. The molecule has 0 saturated heterocycles. The van der Waals surface area contributed by atoms with Gasteiger partial charge in [-0.05, 0) is 40.6 Å². The van der Waals surface area contributed by atoms with Gasteiger partial charge in [0.15, 0.2) is 0 Å². The van der Waals surface area contributed by atoms with Crippen LogP contribution in [0.25, 0.3) is 21.9 Å². The monoisotopic (exact) mass is 456 g/mol. The van der Waals surface area contributed by atoms with Crippen molar-refractivity contribution in [3.05, 3.63) is 82.3 Å². The van der Waals surface area contributed by atoms with E-state index in [0.29, 0.717) is 16.2 Å². The fourth-order valence-electron chi connectivity index (χ4n) is 3.15. The van der Waals surface area contributed by atoms with Crippen LogP contribution in [0.2, 0.25) is 0 Å². The number of fused-ring (bicyclic) bond motifs is 1. The van der Waals surface area contributed by atoms with Crippen molar-refractivity contribution in [2.24, 2.45) is 0 Å². The van der Waals surface area contributed by atoms with Crippen LogP contribution in [0.3, 0.4) is 0 Å². The molecule has 0 saturated carbocycles. The normalized spacial score (nSPS) is 10.4. The predicted molar refractivity (Wildman–Crippen MR) is 119 cm³/mol. The number of anilines is 1. The predicted octanol–water partition coefficient (Wildman–Crippen LogP) is 6.14. The standard InChI is InChI=1S/C23H13BrN4S/c24-17-7-3-6-16(10-17)21-19(12-25)22(27)28-23(20(21)13-26)29-18-9-8-14-4-1-2-5-15(14)11-18/h1-11H,(H2,27,28). The molecule has 4 rings (SSSR count). The zero-order chi connectivity index (χ0) is 20.4. The Balaban J connectivity index is 1.89. The van der Waals surface area contributed by atoms with Crippen LogP contribution in [0.5, 0.6) is 0 Å². The summed E-state index contributed by atoms with van der Waals surface area (Å²) in [6, 6.07) is 25.9. The lowest BCUT2D eigenvalue weighted by Gasteiger charge is -2.13. The van der Waals surface area contributed by atoms with Crippen LogP contribution in [0.4, 0.5) is 5.82 Å². The molecule has 0 aliphatic heterocycles. The molecule has 0 aliphatic rings. The molecule has 0 aliphatic carbocycles. The van der Waals surface area contributed by atoms with Crippen molar-refractivity contribution in [3.8, 4) is 23.3 Å². The van der Waals surface area contributed by atoms with Gasteiger partial charge < -0.3 is 5.73 Å². The molecular formula is C23H13BrN4S. The van der Waals surface area contributed by atoms with E-state index in [1.807, 2.05) is 60.7 Å². The largest absolute Gasteiger partial charge is 0.383 e. The van der Waals surface area contributed by atoms with Crippen molar-refractivity contribution >= 4 is 44.3 Å². The average molecular weight is 457 g/mol. The molecule has 3 aromatic carbocycles. The van der Waals surface area contributed by atoms with Gasteiger partial charge in [-0.25, -0.2) is 4.98 Å². The number of nitrogens with two attached hydrogens (primary N) is 1. The lowest BCUT2D eigenvalue weighted by molar-refractivity contribution is 1.11. The number of halogens is 1. The zero-order valence-corrected chi connectivity index (χ0v) is 17.5. The fraction of sp³-hybridized carbons (Fsp3) is 0. The van der Waals surface area contributed by atoms with Crippen LogP contribution in [0.15, 0.2) is 81.1 Å². The number of nitrogens with zero attached hydrogens (tertiary/aromatic N) is 3. The molecular weight excluding hydrogens is 444 g/mol. The molecule has 1 aromatic heterocycles. The van der Waals surface area contributed by atoms with Crippen molar-refractivity contribution in [2.75, 3.05) is 5.73 Å². The Bertz CT molecular complexity index is 1340. The highest BCUT2D eigenvalue weighted by Gasteiger charge is 2.21. The molecule has 0 bridgehead atoms. The van der Waals surface area contributed by atoms with Gasteiger partial charge in [0.1, 0.15) is 28.5 Å². The molecule has 0 unspecified atom stereocenters. The van der Waals surface area contributed by atoms with Gasteiger partial charge in [-0.1, -0.05) is 70.2 Å². The highest BCUT2D eigenvalue weighted by atomic mass is 79.9. The van der Waals surface area contributed by atoms with Crippen molar-refractivity contribution in [1.82, 2.24) is 4.98 Å². The van der Waals surface area contributed by atoms with E-state index < -0.39 is 0 Å². The Morgan fingerprint density at radius 2 is 1.62 bits per heavy atom. The minimum absolute atomic E-state index is 0.116. The van der Waals surface area contributed by atoms with E-state index in [1.54, 1.807) is 0 Å². The van der Waals surface area contributed by atoms with Gasteiger partial charge in [0.25, 0.3) is 0 Å². The Labute approximate surface area is 180 Å². The minimum atomic E-state index is 0.116. The van der Waals surface area contributed by atoms with Crippen molar-refractivity contribution in [3.63, 3.8) is 0 Å². The topological polar surface area (TPSA) is 86.5 Å². The number of nitriles is 2. The van der Waals surface area contributed by atoms with Crippen LogP contribution in [0.1, 0.15) is 11.1 Å². The van der Waals surface area contributed by atoms with Crippen LogP contribution in [-0.4, -0.2) is 4.98 Å². The highest BCUT2D eigenvalue weighted by molar-refractivity contribution is 9.10. The SMILES string of the molecule is N#Cc1c(N)nc(Sc2ccc3ccccc3c2)c(C#N)c1-c1cccc(Br)c1. The first-order chi connectivity index (χ1) is 14.1. The van der Waals surface area contributed by atoms with Gasteiger partial charge in [0.2, 0.25) is 0 Å². The van der Waals surface area contributed by atoms with E-state index in [1.165, 1.54) is 11.8 Å². The van der Waals surface area contributed by atoms with Crippen LogP contribution < -0.4 is 5.73 Å². The van der Waals surface area contributed by atoms with E-state index in [-0.39, 0.29) is 11.4 Å². The number of benzene rings is 3. The second-order valence-electron chi connectivity index (χ2n) is 6.27. The Morgan fingerprint density at radius 3 is 2.34 bits per heavy atom. The zero-order valence-electron chi connectivity index (χ0n) is 15.1. The summed E-state index contributed by atoms with van der Waals surface area (Å²) >= 11 is 4.81. The highest BCUT2D eigenvalue weighted by Crippen LogP contribution is 2.39. The fourth-order valence-corrected chi connectivity index (χ4v) is 4.49. The van der Waals surface area contributed by atoms with E-state index in [0.717, 1.165) is 25.7 Å². The Morgan fingerprint density at radius 1 is 0.862 bits per heavy atom. The maximum Gasteiger partial charge on any atom is 0.143 e. The Kier molecular flexibility index (Phi) is 5.22. The number of rotatable bonds is 3. The first kappa shape index (κ1) is 19.0. The van der Waals surface area contributed by atoms with E-state index >= 15 is 0 Å². The summed E-state index contributed by atoms with van der Waals surface area (Å²) in [5, 5.41) is 22.3. The summed E-state index contributed by atoms with van der Waals surface area (Å²) in [5.74, 6) is 0.116. The molecule has 0 fully saturated rings. The van der Waals surface area contributed by atoms with E-state index in [2.05, 4.69) is 39.1 Å².